The van der Waals surface area contributed by atoms with E-state index in [9.17, 15) is 0 Å². The molecule has 0 fully saturated rings. The van der Waals surface area contributed by atoms with E-state index < -0.39 is 0 Å². The summed E-state index contributed by atoms with van der Waals surface area (Å²) in [4.78, 5) is 4.73. The molecule has 0 spiro atoms. The van der Waals surface area contributed by atoms with Gasteiger partial charge >= 0.3 is 0 Å². The average molecular weight is 244 g/mol. The molecule has 1 aromatic heterocycles. The first-order chi connectivity index (χ1) is 8.62. The van der Waals surface area contributed by atoms with Gasteiger partial charge in [0.05, 0.1) is 12.6 Å². The number of nitrogens with one attached hydrogen (secondary N) is 1. The summed E-state index contributed by atoms with van der Waals surface area (Å²) in [5.74, 6) is 0.879. The van der Waals surface area contributed by atoms with Gasteiger partial charge in [0, 0.05) is 23.8 Å². The number of aromatic nitrogens is 1. The van der Waals surface area contributed by atoms with E-state index in [-0.39, 0.29) is 0 Å². The van der Waals surface area contributed by atoms with Crippen molar-refractivity contribution in [1.29, 1.82) is 0 Å². The Morgan fingerprint density at radius 3 is 2.56 bits per heavy atom. The van der Waals surface area contributed by atoms with Gasteiger partial charge in [-0.25, -0.2) is 0 Å². The molecule has 0 aliphatic carbocycles. The predicted octanol–water partition coefficient (Wildman–Crippen LogP) is 3.46. The van der Waals surface area contributed by atoms with Crippen LogP contribution < -0.4 is 10.1 Å². The van der Waals surface area contributed by atoms with Crippen molar-refractivity contribution >= 4 is 16.6 Å². The van der Waals surface area contributed by atoms with Crippen molar-refractivity contribution in [2.24, 2.45) is 0 Å². The second-order valence-corrected chi connectivity index (χ2v) is 4.49. The second kappa shape index (κ2) is 4.84. The third-order valence-corrected chi connectivity index (χ3v) is 3.40. The van der Waals surface area contributed by atoms with E-state index in [0.29, 0.717) is 0 Å². The molecule has 1 N–H and O–H groups in total. The molecule has 0 saturated carbocycles. The van der Waals surface area contributed by atoms with Gasteiger partial charge in [-0.2, -0.15) is 0 Å². The maximum atomic E-state index is 5.35. The smallest absolute Gasteiger partial charge is 0.119 e. The highest BCUT2D eigenvalue weighted by molar-refractivity contribution is 5.96. The number of aryl methyl sites for hydroxylation is 2. The highest BCUT2D eigenvalue weighted by Gasteiger charge is 2.12. The molecule has 0 bridgehead atoms. The largest absolute Gasteiger partial charge is 0.497 e. The van der Waals surface area contributed by atoms with Crippen LogP contribution in [0.5, 0.6) is 5.75 Å². The summed E-state index contributed by atoms with van der Waals surface area (Å²) >= 11 is 0. The molecule has 0 aliphatic heterocycles. The van der Waals surface area contributed by atoms with Gasteiger partial charge in [0.1, 0.15) is 5.75 Å². The van der Waals surface area contributed by atoms with E-state index in [2.05, 4.69) is 32.2 Å². The lowest BCUT2D eigenvalue weighted by atomic mass is 10.0. The average Bonchev–Trinajstić information content (AvgIpc) is 2.37. The van der Waals surface area contributed by atoms with Crippen LogP contribution in [0.2, 0.25) is 0 Å². The normalized spacial score (nSPS) is 10.7. The standard InChI is InChI=1S/C15H20N2O/c1-6-12-10(3)17-14-9(2)7-11(18-5)8-13(14)15(12)16-4/h7-8H,6H2,1-5H3,(H,16,17). The lowest BCUT2D eigenvalue weighted by Gasteiger charge is -2.16. The zero-order valence-corrected chi connectivity index (χ0v) is 11.7. The van der Waals surface area contributed by atoms with Crippen LogP contribution in [-0.2, 0) is 6.42 Å². The highest BCUT2D eigenvalue weighted by atomic mass is 16.5. The van der Waals surface area contributed by atoms with Crippen molar-refractivity contribution in [3.63, 3.8) is 0 Å². The topological polar surface area (TPSA) is 34.1 Å². The Bertz CT molecular complexity index is 591. The van der Waals surface area contributed by atoms with Crippen molar-refractivity contribution in [2.45, 2.75) is 27.2 Å². The zero-order chi connectivity index (χ0) is 13.3. The van der Waals surface area contributed by atoms with E-state index in [1.807, 2.05) is 13.1 Å². The Kier molecular flexibility index (Phi) is 3.41. The van der Waals surface area contributed by atoms with E-state index in [0.717, 1.165) is 34.3 Å². The van der Waals surface area contributed by atoms with Gasteiger partial charge in [0.2, 0.25) is 0 Å². The summed E-state index contributed by atoms with van der Waals surface area (Å²) in [6.07, 6.45) is 0.973. The van der Waals surface area contributed by atoms with Crippen molar-refractivity contribution in [2.75, 3.05) is 19.5 Å². The van der Waals surface area contributed by atoms with Crippen LogP contribution in [0.25, 0.3) is 10.9 Å². The maximum Gasteiger partial charge on any atom is 0.119 e. The number of pyridine rings is 1. The number of rotatable bonds is 3. The van der Waals surface area contributed by atoms with Gasteiger partial charge < -0.3 is 10.1 Å². The Morgan fingerprint density at radius 2 is 2.00 bits per heavy atom. The maximum absolute atomic E-state index is 5.35. The van der Waals surface area contributed by atoms with E-state index >= 15 is 0 Å². The van der Waals surface area contributed by atoms with Crippen LogP contribution in [0.3, 0.4) is 0 Å². The fourth-order valence-electron chi connectivity index (χ4n) is 2.50. The summed E-state index contributed by atoms with van der Waals surface area (Å²) in [5, 5.41) is 4.45. The Hall–Kier alpha value is -1.77. The number of benzene rings is 1. The molecule has 3 nitrogen and oxygen atoms in total. The lowest BCUT2D eigenvalue weighted by Crippen LogP contribution is -2.02. The summed E-state index contributed by atoms with van der Waals surface area (Å²) in [5.41, 5.74) is 5.74. The van der Waals surface area contributed by atoms with E-state index in [4.69, 9.17) is 9.72 Å². The fourth-order valence-corrected chi connectivity index (χ4v) is 2.50. The number of fused-ring (bicyclic) bond motifs is 1. The summed E-state index contributed by atoms with van der Waals surface area (Å²) < 4.78 is 5.35. The molecule has 2 rings (SSSR count). The summed E-state index contributed by atoms with van der Waals surface area (Å²) in [6.45, 7) is 6.30. The van der Waals surface area contributed by atoms with E-state index in [1.165, 1.54) is 11.3 Å². The SMILES string of the molecule is CCc1c(C)nc2c(C)cc(OC)cc2c1NC. The molecule has 0 amide bonds. The molecular weight excluding hydrogens is 224 g/mol. The minimum Gasteiger partial charge on any atom is -0.497 e. The first-order valence-electron chi connectivity index (χ1n) is 6.27. The van der Waals surface area contributed by atoms with Crippen LogP contribution in [0, 0.1) is 13.8 Å². The number of ether oxygens (including phenoxy) is 1. The molecule has 0 atom stereocenters. The Labute approximate surface area is 108 Å². The van der Waals surface area contributed by atoms with Gasteiger partial charge in [-0.05, 0) is 43.5 Å². The summed E-state index contributed by atoms with van der Waals surface area (Å²) in [6, 6.07) is 4.08. The minimum atomic E-state index is 0.879. The molecule has 1 aromatic carbocycles. The molecule has 18 heavy (non-hydrogen) atoms. The number of hydrogen-bond acceptors (Lipinski definition) is 3. The van der Waals surface area contributed by atoms with Crippen molar-refractivity contribution < 1.29 is 4.74 Å². The van der Waals surface area contributed by atoms with Gasteiger partial charge in [0.25, 0.3) is 0 Å². The van der Waals surface area contributed by atoms with E-state index in [1.54, 1.807) is 7.11 Å². The first-order valence-corrected chi connectivity index (χ1v) is 6.27. The van der Waals surface area contributed by atoms with Gasteiger partial charge in [-0.1, -0.05) is 6.92 Å². The van der Waals surface area contributed by atoms with Gasteiger partial charge in [-0.15, -0.1) is 0 Å². The Morgan fingerprint density at radius 1 is 1.28 bits per heavy atom. The summed E-state index contributed by atoms with van der Waals surface area (Å²) in [7, 11) is 3.66. The molecule has 2 aromatic rings. The first kappa shape index (κ1) is 12.7. The molecule has 0 unspecified atom stereocenters. The number of hydrogen-bond donors (Lipinski definition) is 1. The Balaban J connectivity index is 2.89. The third-order valence-electron chi connectivity index (χ3n) is 3.40. The van der Waals surface area contributed by atoms with Gasteiger partial charge in [0.15, 0.2) is 0 Å². The predicted molar refractivity (Wildman–Crippen MR) is 76.7 cm³/mol. The lowest BCUT2D eigenvalue weighted by molar-refractivity contribution is 0.415. The molecule has 0 radical (unpaired) electrons. The monoisotopic (exact) mass is 244 g/mol. The van der Waals surface area contributed by atoms with Gasteiger partial charge in [-0.3, -0.25) is 4.98 Å². The van der Waals surface area contributed by atoms with Crippen molar-refractivity contribution in [3.8, 4) is 5.75 Å². The van der Waals surface area contributed by atoms with Crippen molar-refractivity contribution in [1.82, 2.24) is 4.98 Å². The van der Waals surface area contributed by atoms with Crippen LogP contribution >= 0.6 is 0 Å². The van der Waals surface area contributed by atoms with Crippen LogP contribution in [0.15, 0.2) is 12.1 Å². The number of nitrogens with zero attached hydrogens (tertiary/aromatic N) is 1. The second-order valence-electron chi connectivity index (χ2n) is 4.49. The van der Waals surface area contributed by atoms with Crippen LogP contribution in [0.4, 0.5) is 5.69 Å². The highest BCUT2D eigenvalue weighted by Crippen LogP contribution is 2.33. The third kappa shape index (κ3) is 1.90. The van der Waals surface area contributed by atoms with Crippen molar-refractivity contribution in [3.05, 3.63) is 29.0 Å². The fraction of sp³-hybridized carbons (Fsp3) is 0.400. The number of anilines is 1. The van der Waals surface area contributed by atoms with Crippen LogP contribution in [-0.4, -0.2) is 19.1 Å². The molecule has 96 valence electrons. The quantitative estimate of drug-likeness (QED) is 0.897. The van der Waals surface area contributed by atoms with Crippen LogP contribution in [0.1, 0.15) is 23.7 Å². The minimum absolute atomic E-state index is 0.879. The molecule has 3 heteroatoms. The zero-order valence-electron chi connectivity index (χ0n) is 11.7. The molecule has 1 heterocycles. The molecular formula is C15H20N2O. The number of methoxy groups -OCH3 is 1. The molecule has 0 saturated heterocycles. The molecule has 0 aliphatic rings.